The number of ether oxygens (including phenoxy) is 2. The quantitative estimate of drug-likeness (QED) is 0.0390. The summed E-state index contributed by atoms with van der Waals surface area (Å²) in [4.78, 5) is 55.7. The summed E-state index contributed by atoms with van der Waals surface area (Å²) in [7, 11) is 0. The molecule has 0 amide bonds. The summed E-state index contributed by atoms with van der Waals surface area (Å²) in [5.41, 5.74) is 9.88. The molecule has 10 rings (SSSR count). The van der Waals surface area contributed by atoms with E-state index in [4.69, 9.17) is 9.47 Å². The number of aliphatic hydroxyl groups excluding tert-OH is 1. The molecule has 13 nitrogen and oxygen atoms in total. The van der Waals surface area contributed by atoms with Crippen molar-refractivity contribution in [3.8, 4) is 17.2 Å². The van der Waals surface area contributed by atoms with E-state index >= 15 is 0 Å². The zero-order valence-electron chi connectivity index (χ0n) is 41.2. The summed E-state index contributed by atoms with van der Waals surface area (Å²) in [5.74, 6) is 1.07. The number of alkyl halides is 1. The molecule has 7 aromatic carbocycles. The highest BCUT2D eigenvalue weighted by Crippen LogP contribution is 2.32. The van der Waals surface area contributed by atoms with Gasteiger partial charge in [-0.2, -0.15) is 0 Å². The number of H-pyrrole nitrogens is 3. The second-order valence-corrected chi connectivity index (χ2v) is 18.6. The van der Waals surface area contributed by atoms with Gasteiger partial charge in [0.25, 0.3) is 5.56 Å². The van der Waals surface area contributed by atoms with E-state index in [0.29, 0.717) is 59.8 Å². The van der Waals surface area contributed by atoms with Crippen molar-refractivity contribution < 1.29 is 19.4 Å². The number of pyridine rings is 2. The van der Waals surface area contributed by atoms with Crippen LogP contribution in [0.5, 0.6) is 11.5 Å². The maximum atomic E-state index is 12.4. The molecule has 0 radical (unpaired) electrons. The van der Waals surface area contributed by atoms with Crippen LogP contribution in [0, 0.1) is 6.92 Å². The molecular formula is C61H55BrN6O7. The number of carbonyl (C=O) groups is 1. The smallest absolute Gasteiger partial charge is 0.264 e. The number of hydrogen-bond acceptors (Lipinski definition) is 9. The minimum absolute atomic E-state index is 0.0448. The van der Waals surface area contributed by atoms with Gasteiger partial charge in [-0.25, -0.2) is 0 Å². The first-order chi connectivity index (χ1) is 36.6. The van der Waals surface area contributed by atoms with Crippen molar-refractivity contribution in [1.29, 1.82) is 0 Å². The largest absolute Gasteiger partial charge is 0.487 e. The Labute approximate surface area is 441 Å². The van der Waals surface area contributed by atoms with Crippen molar-refractivity contribution in [2.24, 2.45) is 0 Å². The number of aromatic amines is 3. The molecule has 0 saturated carbocycles. The summed E-state index contributed by atoms with van der Waals surface area (Å²) in [6.07, 6.45) is -0.0107. The van der Waals surface area contributed by atoms with Gasteiger partial charge in [-0.15, -0.1) is 0 Å². The molecule has 3 aromatic heterocycles. The maximum absolute atomic E-state index is 12.4. The topological polar surface area (TPSA) is 175 Å². The standard InChI is InChI=1S/C43H41N5O4.C18H14BrNO3/c1-30-26-42(51)46-48(30)36-18-16-35(17-19-36)44-34-14-12-31(13-15-34)24-25-47(27-32-8-4-2-5-9-32)28-39(49)37-20-22-40(43-38(37)21-23-41(50)45-43)52-29-33-10-6-3-7-11-33;19-10-15(21)13-6-8-16(18-14(13)7-9-17(22)20-18)23-11-12-4-2-1-3-5-12/h2-23,26,39,44,49H,24-25,27-29H2,1H3,(H,45,50)(H,46,51);1-9H,10-11H2,(H,20,22). The Morgan fingerprint density at radius 3 is 1.71 bits per heavy atom. The molecule has 14 heteroatoms. The first kappa shape index (κ1) is 51.3. The fourth-order valence-electron chi connectivity index (χ4n) is 8.87. The van der Waals surface area contributed by atoms with Gasteiger partial charge in [0.1, 0.15) is 24.7 Å². The second kappa shape index (κ2) is 24.4. The zero-order chi connectivity index (χ0) is 52.1. The van der Waals surface area contributed by atoms with Crippen LogP contribution in [-0.2, 0) is 26.2 Å². The Morgan fingerprint density at radius 1 is 0.613 bits per heavy atom. The van der Waals surface area contributed by atoms with Crippen molar-refractivity contribution in [2.75, 3.05) is 23.7 Å². The zero-order valence-corrected chi connectivity index (χ0v) is 42.8. The number of aromatic nitrogens is 4. The molecule has 0 spiro atoms. The third kappa shape index (κ3) is 13.4. The van der Waals surface area contributed by atoms with E-state index < -0.39 is 6.10 Å². The Hall–Kier alpha value is -8.56. The number of rotatable bonds is 19. The highest BCUT2D eigenvalue weighted by molar-refractivity contribution is 9.09. The molecule has 10 aromatic rings. The first-order valence-electron chi connectivity index (χ1n) is 24.5. The number of carbonyl (C=O) groups excluding carboxylic acids is 1. The van der Waals surface area contributed by atoms with Crippen LogP contribution in [0.25, 0.3) is 27.5 Å². The number of nitrogens with zero attached hydrogens (tertiary/aromatic N) is 2. The fourth-order valence-corrected chi connectivity index (χ4v) is 9.17. The lowest BCUT2D eigenvalue weighted by Gasteiger charge is -2.26. The maximum Gasteiger partial charge on any atom is 0.264 e. The van der Waals surface area contributed by atoms with E-state index in [0.717, 1.165) is 63.4 Å². The van der Waals surface area contributed by atoms with E-state index in [1.54, 1.807) is 35.0 Å². The average Bonchev–Trinajstić information content (AvgIpc) is 3.78. The Balaban J connectivity index is 0.000000249. The van der Waals surface area contributed by atoms with E-state index in [1.807, 2.05) is 122 Å². The molecule has 0 saturated heterocycles. The molecule has 0 bridgehead atoms. The van der Waals surface area contributed by atoms with E-state index in [-0.39, 0.29) is 27.8 Å². The fraction of sp³-hybridized carbons (Fsp3) is 0.148. The molecule has 1 atom stereocenters. The molecule has 5 N–H and O–H groups in total. The molecule has 3 heterocycles. The number of nitrogens with one attached hydrogen (secondary N) is 4. The predicted octanol–water partition coefficient (Wildman–Crippen LogP) is 11.1. The second-order valence-electron chi connectivity index (χ2n) is 18.0. The third-order valence-electron chi connectivity index (χ3n) is 12.7. The number of fused-ring (bicyclic) bond motifs is 2. The van der Waals surface area contributed by atoms with E-state index in [2.05, 4.69) is 77.6 Å². The lowest BCUT2D eigenvalue weighted by atomic mass is 10.0. The number of ketones is 1. The number of benzene rings is 7. The number of Topliss-reactive ketones (excluding diaryl/α,β-unsaturated/α-hetero) is 1. The van der Waals surface area contributed by atoms with Gasteiger partial charge in [0.05, 0.1) is 28.2 Å². The SMILES string of the molecule is Cc1cc(=O)[nH]n1-c1ccc(Nc2ccc(CCN(Cc3ccccc3)CC(O)c3ccc(OCc4ccccc4)c4[nH]c(=O)ccc34)cc2)cc1.O=C(CBr)c1ccc(OCc2ccccc2)c2[nH]c(=O)ccc12. The molecule has 75 heavy (non-hydrogen) atoms. The molecule has 1 unspecified atom stereocenters. The van der Waals surface area contributed by atoms with Crippen LogP contribution in [0.15, 0.2) is 209 Å². The summed E-state index contributed by atoms with van der Waals surface area (Å²) in [6, 6.07) is 61.3. The lowest BCUT2D eigenvalue weighted by Crippen LogP contribution is -2.30. The highest BCUT2D eigenvalue weighted by Gasteiger charge is 2.20. The minimum Gasteiger partial charge on any atom is -0.487 e. The third-order valence-corrected chi connectivity index (χ3v) is 13.2. The van der Waals surface area contributed by atoms with Crippen molar-refractivity contribution >= 4 is 54.9 Å². The summed E-state index contributed by atoms with van der Waals surface area (Å²) in [5, 5.41) is 19.6. The van der Waals surface area contributed by atoms with E-state index in [1.165, 1.54) is 17.7 Å². The van der Waals surface area contributed by atoms with E-state index in [9.17, 15) is 24.3 Å². The summed E-state index contributed by atoms with van der Waals surface area (Å²) in [6.45, 7) is 4.45. The van der Waals surface area contributed by atoms with Gasteiger partial charge < -0.3 is 29.9 Å². The monoisotopic (exact) mass is 1060 g/mol. The van der Waals surface area contributed by atoms with Gasteiger partial charge in [-0.05, 0) is 108 Å². The first-order valence-corrected chi connectivity index (χ1v) is 25.6. The van der Waals surface area contributed by atoms with Gasteiger partial charge in [0.2, 0.25) is 11.1 Å². The van der Waals surface area contributed by atoms with Crippen LogP contribution in [0.2, 0.25) is 0 Å². The van der Waals surface area contributed by atoms with Gasteiger partial charge in [-0.1, -0.05) is 125 Å². The molecule has 0 fully saturated rings. The van der Waals surface area contributed by atoms with Gasteiger partial charge in [0.15, 0.2) is 5.78 Å². The van der Waals surface area contributed by atoms with Gasteiger partial charge >= 0.3 is 0 Å². The van der Waals surface area contributed by atoms with Crippen LogP contribution >= 0.6 is 15.9 Å². The van der Waals surface area contributed by atoms with Crippen LogP contribution in [0.1, 0.15) is 50.0 Å². The Bertz CT molecular complexity index is 3690. The molecule has 0 aliphatic carbocycles. The molecule has 0 aliphatic rings. The molecule has 378 valence electrons. The van der Waals surface area contributed by atoms with Crippen molar-refractivity contribution in [3.05, 3.63) is 264 Å². The predicted molar refractivity (Wildman–Crippen MR) is 300 cm³/mol. The van der Waals surface area contributed by atoms with Crippen molar-refractivity contribution in [1.82, 2.24) is 24.6 Å². The Kier molecular flexibility index (Phi) is 16.7. The Morgan fingerprint density at radius 2 is 1.15 bits per heavy atom. The number of hydrogen-bond donors (Lipinski definition) is 5. The number of halogens is 1. The van der Waals surface area contributed by atoms with Gasteiger partial charge in [0, 0.05) is 71.2 Å². The number of aliphatic hydroxyl groups is 1. The molecular weight excluding hydrogens is 1010 g/mol. The number of aryl methyl sites for hydroxylation is 1. The van der Waals surface area contributed by atoms with Crippen molar-refractivity contribution in [3.63, 3.8) is 0 Å². The van der Waals surface area contributed by atoms with Crippen molar-refractivity contribution in [2.45, 2.75) is 39.2 Å². The van der Waals surface area contributed by atoms with Crippen LogP contribution in [0.3, 0.4) is 0 Å². The average molecular weight is 1060 g/mol. The normalized spacial score (nSPS) is 11.5. The highest BCUT2D eigenvalue weighted by atomic mass is 79.9. The minimum atomic E-state index is -0.806. The molecule has 0 aliphatic heterocycles. The van der Waals surface area contributed by atoms with Crippen LogP contribution in [0.4, 0.5) is 11.4 Å². The van der Waals surface area contributed by atoms with Crippen LogP contribution < -0.4 is 31.5 Å². The number of anilines is 2. The van der Waals surface area contributed by atoms with Crippen LogP contribution in [-0.4, -0.2) is 54.0 Å². The van der Waals surface area contributed by atoms with Gasteiger partial charge in [-0.3, -0.25) is 33.9 Å². The summed E-state index contributed by atoms with van der Waals surface area (Å²) < 4.78 is 13.7. The lowest BCUT2D eigenvalue weighted by molar-refractivity contribution is 0.102. The summed E-state index contributed by atoms with van der Waals surface area (Å²) >= 11 is 3.18.